The third-order valence-corrected chi connectivity index (χ3v) is 6.50. The van der Waals surface area contributed by atoms with Crippen molar-refractivity contribution in [1.29, 1.82) is 0 Å². The van der Waals surface area contributed by atoms with Crippen LogP contribution in [0.1, 0.15) is 41.0 Å². The lowest BCUT2D eigenvalue weighted by Crippen LogP contribution is -2.32. The molecule has 138 valence electrons. The van der Waals surface area contributed by atoms with Crippen LogP contribution in [0.15, 0.2) is 48.7 Å². The molecule has 0 saturated heterocycles. The summed E-state index contributed by atoms with van der Waals surface area (Å²) < 4.78 is 0. The lowest BCUT2D eigenvalue weighted by Gasteiger charge is -2.29. The Balaban J connectivity index is 1.31. The van der Waals surface area contributed by atoms with Crippen molar-refractivity contribution in [3.05, 3.63) is 75.9 Å². The highest BCUT2D eigenvalue weighted by molar-refractivity contribution is 6.31. The van der Waals surface area contributed by atoms with E-state index in [1.165, 1.54) is 41.5 Å². The lowest BCUT2D eigenvalue weighted by molar-refractivity contribution is 0.281. The van der Waals surface area contributed by atoms with Gasteiger partial charge in [-0.2, -0.15) is 0 Å². The second-order valence-electron chi connectivity index (χ2n) is 8.07. The Morgan fingerprint density at radius 3 is 2.93 bits per heavy atom. The highest BCUT2D eigenvalue weighted by Crippen LogP contribution is 2.36. The first kappa shape index (κ1) is 17.1. The second kappa shape index (κ2) is 6.85. The van der Waals surface area contributed by atoms with Crippen LogP contribution in [0.2, 0.25) is 5.02 Å². The average molecular weight is 377 g/mol. The van der Waals surface area contributed by atoms with Gasteiger partial charge in [-0.1, -0.05) is 47.5 Å². The molecule has 0 fully saturated rings. The van der Waals surface area contributed by atoms with Crippen molar-refractivity contribution in [1.82, 2.24) is 9.88 Å². The summed E-state index contributed by atoms with van der Waals surface area (Å²) in [6, 6.07) is 13.1. The molecule has 3 heteroatoms. The van der Waals surface area contributed by atoms with Gasteiger partial charge < -0.3 is 4.98 Å². The molecule has 2 aromatic carbocycles. The summed E-state index contributed by atoms with van der Waals surface area (Å²) in [6.07, 6.45) is 8.22. The van der Waals surface area contributed by atoms with Gasteiger partial charge in [-0.25, -0.2) is 0 Å². The molecule has 1 unspecified atom stereocenters. The fraction of sp³-hybridized carbons (Fsp3) is 0.333. The van der Waals surface area contributed by atoms with Crippen LogP contribution in [0.5, 0.6) is 0 Å². The molecular formula is C24H25ClN2. The Hall–Kier alpha value is -2.03. The summed E-state index contributed by atoms with van der Waals surface area (Å²) in [5, 5.41) is 2.06. The fourth-order valence-electron chi connectivity index (χ4n) is 4.79. The van der Waals surface area contributed by atoms with E-state index in [-0.39, 0.29) is 0 Å². The highest BCUT2D eigenvalue weighted by atomic mass is 35.5. The Kier molecular flexibility index (Phi) is 4.34. The number of rotatable bonds is 3. The van der Waals surface area contributed by atoms with Crippen LogP contribution >= 0.6 is 11.6 Å². The summed E-state index contributed by atoms with van der Waals surface area (Å²) in [5.74, 6) is 0.699. The van der Waals surface area contributed by atoms with Crippen LogP contribution in [-0.2, 0) is 6.42 Å². The summed E-state index contributed by atoms with van der Waals surface area (Å²) in [6.45, 7) is 5.58. The van der Waals surface area contributed by atoms with Gasteiger partial charge >= 0.3 is 0 Å². The largest absolute Gasteiger partial charge is 0.361 e. The van der Waals surface area contributed by atoms with Crippen molar-refractivity contribution in [3.63, 3.8) is 0 Å². The van der Waals surface area contributed by atoms with E-state index in [1.807, 2.05) is 12.1 Å². The molecule has 1 aliphatic carbocycles. The molecular weight excluding hydrogens is 352 g/mol. The van der Waals surface area contributed by atoms with E-state index in [4.69, 9.17) is 11.6 Å². The molecule has 5 rings (SSSR count). The Labute approximate surface area is 165 Å². The van der Waals surface area contributed by atoms with Gasteiger partial charge in [-0.3, -0.25) is 4.90 Å². The van der Waals surface area contributed by atoms with Gasteiger partial charge in [-0.15, -0.1) is 0 Å². The highest BCUT2D eigenvalue weighted by Gasteiger charge is 2.25. The number of H-pyrrole nitrogens is 1. The van der Waals surface area contributed by atoms with Crippen molar-refractivity contribution in [2.75, 3.05) is 19.6 Å². The molecule has 2 heterocycles. The zero-order valence-electron chi connectivity index (χ0n) is 15.8. The van der Waals surface area contributed by atoms with Gasteiger partial charge in [0.2, 0.25) is 0 Å². The standard InChI is InChI=1S/C24H25ClN2/c1-16-2-3-17-4-5-19(22(17)12-16)15-27-10-8-18(9-11-27)23-14-26-24-13-20(25)6-7-21(23)24/h2-3,6-8,12-14,19,26H,4-5,9-11,15H2,1H3. The number of aromatic amines is 1. The molecule has 27 heavy (non-hydrogen) atoms. The topological polar surface area (TPSA) is 19.0 Å². The van der Waals surface area contributed by atoms with E-state index >= 15 is 0 Å². The zero-order valence-corrected chi connectivity index (χ0v) is 16.5. The molecule has 2 nitrogen and oxygen atoms in total. The molecule has 0 bridgehead atoms. The van der Waals surface area contributed by atoms with Gasteiger partial charge in [0.1, 0.15) is 0 Å². The third-order valence-electron chi connectivity index (χ3n) is 6.26. The van der Waals surface area contributed by atoms with Crippen molar-refractivity contribution < 1.29 is 0 Å². The minimum Gasteiger partial charge on any atom is -0.361 e. The van der Waals surface area contributed by atoms with Crippen LogP contribution in [0.3, 0.4) is 0 Å². The van der Waals surface area contributed by atoms with Crippen molar-refractivity contribution in [2.45, 2.75) is 32.1 Å². The van der Waals surface area contributed by atoms with E-state index in [0.29, 0.717) is 5.92 Å². The van der Waals surface area contributed by atoms with Crippen LogP contribution in [0.25, 0.3) is 16.5 Å². The SMILES string of the molecule is Cc1ccc2c(c1)C(CN1CC=C(c3c[nH]c4cc(Cl)ccc34)CC1)CC2. The van der Waals surface area contributed by atoms with E-state index in [1.54, 1.807) is 11.1 Å². The summed E-state index contributed by atoms with van der Waals surface area (Å²) in [4.78, 5) is 6.00. The average Bonchev–Trinajstić information content (AvgIpc) is 3.26. The van der Waals surface area contributed by atoms with Crippen molar-refractivity contribution >= 4 is 28.1 Å². The molecule has 2 aliphatic rings. The van der Waals surface area contributed by atoms with Crippen LogP contribution in [0.4, 0.5) is 0 Å². The van der Waals surface area contributed by atoms with Gasteiger partial charge in [0.15, 0.2) is 0 Å². The van der Waals surface area contributed by atoms with Gasteiger partial charge in [0.05, 0.1) is 0 Å². The van der Waals surface area contributed by atoms with Gasteiger partial charge in [-0.05, 0) is 60.9 Å². The number of hydrogen-bond acceptors (Lipinski definition) is 1. The predicted octanol–water partition coefficient (Wildman–Crippen LogP) is 5.95. The Morgan fingerprint density at radius 1 is 1.15 bits per heavy atom. The second-order valence-corrected chi connectivity index (χ2v) is 8.51. The fourth-order valence-corrected chi connectivity index (χ4v) is 4.97. The minimum atomic E-state index is 0.699. The van der Waals surface area contributed by atoms with E-state index < -0.39 is 0 Å². The number of hydrogen-bond donors (Lipinski definition) is 1. The number of fused-ring (bicyclic) bond motifs is 2. The Bertz CT molecular complexity index is 1030. The first-order chi connectivity index (χ1) is 13.2. The maximum Gasteiger partial charge on any atom is 0.0475 e. The molecule has 0 spiro atoms. The first-order valence-electron chi connectivity index (χ1n) is 9.95. The maximum absolute atomic E-state index is 6.12. The zero-order chi connectivity index (χ0) is 18.4. The molecule has 1 aliphatic heterocycles. The quantitative estimate of drug-likeness (QED) is 0.598. The molecule has 0 amide bonds. The van der Waals surface area contributed by atoms with Crippen LogP contribution in [0, 0.1) is 6.92 Å². The maximum atomic E-state index is 6.12. The third kappa shape index (κ3) is 3.22. The number of nitrogens with one attached hydrogen (secondary N) is 1. The number of nitrogens with zero attached hydrogens (tertiary/aromatic N) is 1. The monoisotopic (exact) mass is 376 g/mol. The van der Waals surface area contributed by atoms with Crippen molar-refractivity contribution in [2.24, 2.45) is 0 Å². The number of benzene rings is 2. The van der Waals surface area contributed by atoms with E-state index in [2.05, 4.69) is 53.3 Å². The minimum absolute atomic E-state index is 0.699. The summed E-state index contributed by atoms with van der Waals surface area (Å²) in [5.41, 5.74) is 8.47. The molecule has 1 aromatic heterocycles. The predicted molar refractivity (Wildman–Crippen MR) is 115 cm³/mol. The first-order valence-corrected chi connectivity index (χ1v) is 10.3. The summed E-state index contributed by atoms with van der Waals surface area (Å²) in [7, 11) is 0. The summed E-state index contributed by atoms with van der Waals surface area (Å²) >= 11 is 6.12. The molecule has 0 radical (unpaired) electrons. The van der Waals surface area contributed by atoms with Crippen LogP contribution in [-0.4, -0.2) is 29.5 Å². The van der Waals surface area contributed by atoms with E-state index in [0.717, 1.165) is 30.0 Å². The molecule has 1 N–H and O–H groups in total. The number of aryl methyl sites for hydroxylation is 2. The van der Waals surface area contributed by atoms with Gasteiger partial charge in [0, 0.05) is 47.3 Å². The van der Waals surface area contributed by atoms with Gasteiger partial charge in [0.25, 0.3) is 0 Å². The Morgan fingerprint density at radius 2 is 2.07 bits per heavy atom. The molecule has 0 saturated carbocycles. The van der Waals surface area contributed by atoms with Crippen LogP contribution < -0.4 is 0 Å². The normalized spacial score (nSPS) is 20.1. The smallest absolute Gasteiger partial charge is 0.0475 e. The van der Waals surface area contributed by atoms with E-state index in [9.17, 15) is 0 Å². The number of halogens is 1. The molecule has 3 aromatic rings. The number of aromatic nitrogens is 1. The van der Waals surface area contributed by atoms with Crippen molar-refractivity contribution in [3.8, 4) is 0 Å². The lowest BCUT2D eigenvalue weighted by atomic mass is 9.96. The molecule has 1 atom stereocenters.